The van der Waals surface area contributed by atoms with Gasteiger partial charge in [0, 0.05) is 11.3 Å². The van der Waals surface area contributed by atoms with Crippen molar-refractivity contribution in [3.05, 3.63) is 59.9 Å². The van der Waals surface area contributed by atoms with Crippen molar-refractivity contribution in [1.29, 1.82) is 0 Å². The fraction of sp³-hybridized carbons (Fsp3) is 0.0588. The molecule has 0 fully saturated rings. The third-order valence-electron chi connectivity index (χ3n) is 2.95. The summed E-state index contributed by atoms with van der Waals surface area (Å²) >= 11 is 0. The van der Waals surface area contributed by atoms with Gasteiger partial charge < -0.3 is 15.2 Å². The predicted molar refractivity (Wildman–Crippen MR) is 90.3 cm³/mol. The van der Waals surface area contributed by atoms with Crippen molar-refractivity contribution in [2.24, 2.45) is 5.10 Å². The number of aliphatic carboxylic acids is 1. The SMILES string of the molecule is O=C(O)COc1ccccc1/C=N\NC(=O)C(=O)Nc1ccc(F)cc1. The number of carboxylic acid groups (broad SMARTS) is 1. The molecule has 134 valence electrons. The number of carboxylic acids is 1. The van der Waals surface area contributed by atoms with Crippen molar-refractivity contribution in [2.45, 2.75) is 0 Å². The molecule has 8 nitrogen and oxygen atoms in total. The minimum atomic E-state index is -1.14. The monoisotopic (exact) mass is 359 g/mol. The summed E-state index contributed by atoms with van der Waals surface area (Å²) in [5.41, 5.74) is 2.69. The highest BCUT2D eigenvalue weighted by atomic mass is 19.1. The van der Waals surface area contributed by atoms with Crippen LogP contribution >= 0.6 is 0 Å². The van der Waals surface area contributed by atoms with E-state index in [9.17, 15) is 18.8 Å². The zero-order valence-corrected chi connectivity index (χ0v) is 13.3. The van der Waals surface area contributed by atoms with Crippen molar-refractivity contribution in [2.75, 3.05) is 11.9 Å². The van der Waals surface area contributed by atoms with Crippen molar-refractivity contribution in [3.8, 4) is 5.75 Å². The number of anilines is 1. The number of carbonyl (C=O) groups is 3. The summed E-state index contributed by atoms with van der Waals surface area (Å²) in [5.74, 6) is -3.37. The third-order valence-corrected chi connectivity index (χ3v) is 2.95. The maximum Gasteiger partial charge on any atom is 0.341 e. The number of nitrogens with one attached hydrogen (secondary N) is 2. The Morgan fingerprint density at radius 1 is 1.08 bits per heavy atom. The highest BCUT2D eigenvalue weighted by molar-refractivity contribution is 6.39. The van der Waals surface area contributed by atoms with Crippen LogP contribution in [0.5, 0.6) is 5.75 Å². The molecule has 0 heterocycles. The Morgan fingerprint density at radius 2 is 1.77 bits per heavy atom. The molecule has 3 N–H and O–H groups in total. The molecule has 0 aliphatic heterocycles. The molecule has 9 heteroatoms. The molecule has 0 aromatic heterocycles. The average Bonchev–Trinajstić information content (AvgIpc) is 2.62. The van der Waals surface area contributed by atoms with Crippen LogP contribution in [0.2, 0.25) is 0 Å². The van der Waals surface area contributed by atoms with Gasteiger partial charge in [0.1, 0.15) is 11.6 Å². The average molecular weight is 359 g/mol. The number of hydrazone groups is 1. The van der Waals surface area contributed by atoms with E-state index in [1.807, 2.05) is 5.43 Å². The summed E-state index contributed by atoms with van der Waals surface area (Å²) in [6.07, 6.45) is 1.21. The van der Waals surface area contributed by atoms with Crippen molar-refractivity contribution in [1.82, 2.24) is 5.43 Å². The van der Waals surface area contributed by atoms with Crippen LogP contribution in [0.25, 0.3) is 0 Å². The molecule has 0 aliphatic carbocycles. The van der Waals surface area contributed by atoms with Crippen LogP contribution in [0.15, 0.2) is 53.6 Å². The summed E-state index contributed by atoms with van der Waals surface area (Å²) in [6.45, 7) is -0.530. The number of hydrogen-bond acceptors (Lipinski definition) is 5. The largest absolute Gasteiger partial charge is 0.481 e. The summed E-state index contributed by atoms with van der Waals surface area (Å²) in [5, 5.41) is 14.5. The lowest BCUT2D eigenvalue weighted by Crippen LogP contribution is -2.32. The van der Waals surface area contributed by atoms with Crippen LogP contribution in [-0.4, -0.2) is 35.7 Å². The molecular formula is C17H14FN3O5. The van der Waals surface area contributed by atoms with Crippen LogP contribution in [0.4, 0.5) is 10.1 Å². The minimum Gasteiger partial charge on any atom is -0.481 e. The molecule has 0 spiro atoms. The Kier molecular flexibility index (Phi) is 6.38. The fourth-order valence-electron chi connectivity index (χ4n) is 1.79. The second-order valence-corrected chi connectivity index (χ2v) is 4.88. The lowest BCUT2D eigenvalue weighted by atomic mass is 10.2. The Balaban J connectivity index is 1.93. The topological polar surface area (TPSA) is 117 Å². The van der Waals surface area contributed by atoms with Gasteiger partial charge >= 0.3 is 17.8 Å². The Labute approximate surface area is 147 Å². The maximum atomic E-state index is 12.8. The van der Waals surface area contributed by atoms with Crippen LogP contribution in [0.3, 0.4) is 0 Å². The zero-order valence-electron chi connectivity index (χ0n) is 13.3. The second-order valence-electron chi connectivity index (χ2n) is 4.88. The first-order valence-corrected chi connectivity index (χ1v) is 7.29. The molecule has 0 unspecified atom stereocenters. The quantitative estimate of drug-likeness (QED) is 0.409. The van der Waals surface area contributed by atoms with Gasteiger partial charge in [0.05, 0.1) is 6.21 Å². The summed E-state index contributed by atoms with van der Waals surface area (Å²) in [4.78, 5) is 33.9. The molecule has 0 aliphatic rings. The van der Waals surface area contributed by atoms with Gasteiger partial charge in [-0.15, -0.1) is 0 Å². The molecule has 0 saturated heterocycles. The summed E-state index contributed by atoms with van der Waals surface area (Å²) in [7, 11) is 0. The number of benzene rings is 2. The molecule has 26 heavy (non-hydrogen) atoms. The standard InChI is InChI=1S/C17H14FN3O5/c18-12-5-7-13(8-6-12)20-16(24)17(25)21-19-9-11-3-1-2-4-14(11)26-10-15(22)23/h1-9H,10H2,(H,20,24)(H,21,25)(H,22,23)/b19-9-. The van der Waals surface area contributed by atoms with E-state index in [0.717, 1.165) is 12.1 Å². The number of hydrogen-bond donors (Lipinski definition) is 3. The molecule has 0 atom stereocenters. The van der Waals surface area contributed by atoms with E-state index in [4.69, 9.17) is 9.84 Å². The highest BCUT2D eigenvalue weighted by Gasteiger charge is 2.13. The number of ether oxygens (including phenoxy) is 1. The molecule has 2 rings (SSSR count). The Bertz CT molecular complexity index is 837. The lowest BCUT2D eigenvalue weighted by molar-refractivity contribution is -0.139. The van der Waals surface area contributed by atoms with E-state index in [2.05, 4.69) is 10.4 Å². The van der Waals surface area contributed by atoms with Crippen LogP contribution in [0.1, 0.15) is 5.56 Å². The third kappa shape index (κ3) is 5.71. The molecule has 0 radical (unpaired) electrons. The fourth-order valence-corrected chi connectivity index (χ4v) is 1.79. The van der Waals surface area contributed by atoms with E-state index in [0.29, 0.717) is 5.56 Å². The summed E-state index contributed by atoms with van der Waals surface area (Å²) in [6, 6.07) is 11.3. The predicted octanol–water partition coefficient (Wildman–Crippen LogP) is 1.38. The van der Waals surface area contributed by atoms with Crippen LogP contribution in [-0.2, 0) is 14.4 Å². The number of halogens is 1. The second kappa shape index (κ2) is 8.92. The lowest BCUT2D eigenvalue weighted by Gasteiger charge is -2.06. The van der Waals surface area contributed by atoms with E-state index in [1.165, 1.54) is 24.4 Å². The number of amides is 2. The van der Waals surface area contributed by atoms with Gasteiger partial charge in [-0.1, -0.05) is 12.1 Å². The molecule has 0 saturated carbocycles. The van der Waals surface area contributed by atoms with Gasteiger partial charge in [-0.05, 0) is 36.4 Å². The zero-order chi connectivity index (χ0) is 18.9. The Hall–Kier alpha value is -3.75. The van der Waals surface area contributed by atoms with Gasteiger partial charge in [0.25, 0.3) is 0 Å². The molecule has 0 bridgehead atoms. The van der Waals surface area contributed by atoms with E-state index >= 15 is 0 Å². The number of nitrogens with zero attached hydrogens (tertiary/aromatic N) is 1. The van der Waals surface area contributed by atoms with Crippen LogP contribution in [0, 0.1) is 5.82 Å². The Morgan fingerprint density at radius 3 is 2.46 bits per heavy atom. The number of para-hydroxylation sites is 1. The molecular weight excluding hydrogens is 345 g/mol. The summed E-state index contributed by atoms with van der Waals surface area (Å²) < 4.78 is 17.9. The first-order chi connectivity index (χ1) is 12.5. The van der Waals surface area contributed by atoms with Gasteiger partial charge in [-0.2, -0.15) is 5.10 Å². The van der Waals surface area contributed by atoms with E-state index in [-0.39, 0.29) is 11.4 Å². The first kappa shape index (κ1) is 18.6. The molecule has 2 aromatic carbocycles. The van der Waals surface area contributed by atoms with E-state index in [1.54, 1.807) is 18.2 Å². The molecule has 2 aromatic rings. The maximum absolute atomic E-state index is 12.8. The normalized spacial score (nSPS) is 10.3. The minimum absolute atomic E-state index is 0.253. The smallest absolute Gasteiger partial charge is 0.341 e. The van der Waals surface area contributed by atoms with Gasteiger partial charge in [-0.25, -0.2) is 14.6 Å². The van der Waals surface area contributed by atoms with Crippen LogP contribution < -0.4 is 15.5 Å². The highest BCUT2D eigenvalue weighted by Crippen LogP contribution is 2.15. The van der Waals surface area contributed by atoms with Gasteiger partial charge in [-0.3, -0.25) is 9.59 Å². The first-order valence-electron chi connectivity index (χ1n) is 7.29. The molecule has 2 amide bonds. The van der Waals surface area contributed by atoms with Crippen molar-refractivity contribution >= 4 is 29.7 Å². The number of rotatable bonds is 6. The van der Waals surface area contributed by atoms with Gasteiger partial charge in [0.2, 0.25) is 0 Å². The van der Waals surface area contributed by atoms with E-state index < -0.39 is 30.2 Å². The number of carbonyl (C=O) groups excluding carboxylic acids is 2. The van der Waals surface area contributed by atoms with Crippen molar-refractivity contribution in [3.63, 3.8) is 0 Å². The van der Waals surface area contributed by atoms with Crippen molar-refractivity contribution < 1.29 is 28.6 Å². The van der Waals surface area contributed by atoms with Gasteiger partial charge in [0.15, 0.2) is 6.61 Å².